The molecule has 4 rings (SSSR count). The van der Waals surface area contributed by atoms with Crippen LogP contribution in [0.15, 0.2) is 6.07 Å². The fraction of sp³-hybridized carbons (Fsp3) is 0.700. The lowest BCUT2D eigenvalue weighted by atomic mass is 9.92. The van der Waals surface area contributed by atoms with Crippen LogP contribution in [0.5, 0.6) is 0 Å². The van der Waals surface area contributed by atoms with E-state index in [1.54, 1.807) is 24.9 Å². The van der Waals surface area contributed by atoms with Crippen molar-refractivity contribution in [1.29, 1.82) is 0 Å². The molecule has 1 atom stereocenters. The van der Waals surface area contributed by atoms with E-state index < -0.39 is 5.54 Å². The maximum absolute atomic E-state index is 13.1. The Labute approximate surface area is 165 Å². The molecular formula is C20H29N5O3. The van der Waals surface area contributed by atoms with Gasteiger partial charge in [-0.15, -0.1) is 0 Å². The molecule has 1 N–H and O–H groups in total. The number of rotatable bonds is 3. The predicted molar refractivity (Wildman–Crippen MR) is 103 cm³/mol. The van der Waals surface area contributed by atoms with Crippen molar-refractivity contribution in [2.45, 2.75) is 70.0 Å². The molecule has 152 valence electrons. The first-order valence-corrected chi connectivity index (χ1v) is 10.4. The fourth-order valence-electron chi connectivity index (χ4n) is 4.50. The van der Waals surface area contributed by atoms with Gasteiger partial charge >= 0.3 is 0 Å². The summed E-state index contributed by atoms with van der Waals surface area (Å²) >= 11 is 0. The number of carbonyl (C=O) groups excluding carboxylic acids is 3. The minimum atomic E-state index is -1.03. The third-order valence-corrected chi connectivity index (χ3v) is 6.54. The van der Waals surface area contributed by atoms with E-state index in [4.69, 9.17) is 0 Å². The quantitative estimate of drug-likeness (QED) is 0.850. The van der Waals surface area contributed by atoms with Gasteiger partial charge in [-0.3, -0.25) is 19.1 Å². The van der Waals surface area contributed by atoms with Crippen LogP contribution < -0.4 is 5.32 Å². The third-order valence-electron chi connectivity index (χ3n) is 6.54. The van der Waals surface area contributed by atoms with Crippen LogP contribution in [0.2, 0.25) is 0 Å². The second-order valence-corrected chi connectivity index (χ2v) is 8.52. The lowest BCUT2D eigenvalue weighted by molar-refractivity contribution is -0.133. The van der Waals surface area contributed by atoms with Gasteiger partial charge in [0.25, 0.3) is 11.8 Å². The van der Waals surface area contributed by atoms with E-state index in [-0.39, 0.29) is 36.0 Å². The molecule has 1 aliphatic carbocycles. The second-order valence-electron chi connectivity index (χ2n) is 8.52. The van der Waals surface area contributed by atoms with Crippen LogP contribution in [0.3, 0.4) is 0 Å². The lowest BCUT2D eigenvalue weighted by Crippen LogP contribution is -2.63. The van der Waals surface area contributed by atoms with Crippen molar-refractivity contribution in [2.24, 2.45) is 0 Å². The van der Waals surface area contributed by atoms with Gasteiger partial charge in [-0.05, 0) is 32.6 Å². The van der Waals surface area contributed by atoms with Crippen LogP contribution in [-0.4, -0.2) is 69.0 Å². The molecule has 1 saturated carbocycles. The van der Waals surface area contributed by atoms with Crippen molar-refractivity contribution in [3.8, 4) is 0 Å². The van der Waals surface area contributed by atoms with Crippen molar-refractivity contribution in [1.82, 2.24) is 24.9 Å². The molecule has 3 heterocycles. The molecule has 0 aromatic carbocycles. The normalized spacial score (nSPS) is 25.7. The van der Waals surface area contributed by atoms with Gasteiger partial charge in [-0.2, -0.15) is 5.10 Å². The Morgan fingerprint density at radius 3 is 2.50 bits per heavy atom. The van der Waals surface area contributed by atoms with E-state index in [2.05, 4.69) is 10.4 Å². The van der Waals surface area contributed by atoms with Crippen molar-refractivity contribution >= 4 is 17.7 Å². The smallest absolute Gasteiger partial charge is 0.274 e. The van der Waals surface area contributed by atoms with Gasteiger partial charge in [0.15, 0.2) is 5.69 Å². The first-order chi connectivity index (χ1) is 13.4. The molecule has 1 saturated heterocycles. The van der Waals surface area contributed by atoms with Crippen LogP contribution >= 0.6 is 0 Å². The van der Waals surface area contributed by atoms with Gasteiger partial charge < -0.3 is 15.1 Å². The summed E-state index contributed by atoms with van der Waals surface area (Å²) in [6.07, 6.45) is 7.44. The Kier molecular flexibility index (Phi) is 4.89. The second kappa shape index (κ2) is 7.22. The van der Waals surface area contributed by atoms with Gasteiger partial charge in [0, 0.05) is 32.2 Å². The zero-order valence-corrected chi connectivity index (χ0v) is 16.7. The minimum Gasteiger partial charge on any atom is -0.351 e. The molecule has 3 amide bonds. The number of hydrogen-bond acceptors (Lipinski definition) is 4. The van der Waals surface area contributed by atoms with Crippen molar-refractivity contribution in [3.05, 3.63) is 17.5 Å². The maximum Gasteiger partial charge on any atom is 0.274 e. The molecule has 8 nitrogen and oxygen atoms in total. The van der Waals surface area contributed by atoms with Crippen molar-refractivity contribution in [2.75, 3.05) is 20.1 Å². The summed E-state index contributed by atoms with van der Waals surface area (Å²) in [7, 11) is 1.65. The Morgan fingerprint density at radius 2 is 1.82 bits per heavy atom. The topological polar surface area (TPSA) is 87.5 Å². The van der Waals surface area contributed by atoms with Crippen molar-refractivity contribution in [3.63, 3.8) is 0 Å². The number of hydrogen-bond donors (Lipinski definition) is 1. The number of nitrogens with zero attached hydrogens (tertiary/aromatic N) is 4. The number of carbonyl (C=O) groups is 3. The molecule has 28 heavy (non-hydrogen) atoms. The van der Waals surface area contributed by atoms with E-state index in [9.17, 15) is 14.4 Å². The van der Waals surface area contributed by atoms with Crippen LogP contribution in [0.25, 0.3) is 0 Å². The first kappa shape index (κ1) is 19.0. The van der Waals surface area contributed by atoms with Gasteiger partial charge in [0.1, 0.15) is 11.2 Å². The lowest BCUT2D eigenvalue weighted by Gasteiger charge is -2.41. The summed E-state index contributed by atoms with van der Waals surface area (Å²) in [5.74, 6) is -0.562. The summed E-state index contributed by atoms with van der Waals surface area (Å²) in [4.78, 5) is 42.0. The van der Waals surface area contributed by atoms with Crippen molar-refractivity contribution < 1.29 is 14.4 Å². The molecule has 2 aliphatic heterocycles. The average molecular weight is 387 g/mol. The Hall–Kier alpha value is -2.38. The zero-order chi connectivity index (χ0) is 19.9. The third kappa shape index (κ3) is 3.18. The highest BCUT2D eigenvalue weighted by molar-refractivity contribution is 6.01. The molecule has 0 radical (unpaired) electrons. The van der Waals surface area contributed by atoms with Crippen LogP contribution in [-0.2, 0) is 11.3 Å². The molecule has 1 aromatic rings. The molecule has 0 bridgehead atoms. The number of nitrogens with one attached hydrogen (secondary N) is 1. The molecule has 0 spiro atoms. The summed E-state index contributed by atoms with van der Waals surface area (Å²) in [6, 6.07) is 1.74. The van der Waals surface area contributed by atoms with Crippen LogP contribution in [0, 0.1) is 0 Å². The summed E-state index contributed by atoms with van der Waals surface area (Å²) in [5, 5.41) is 7.54. The van der Waals surface area contributed by atoms with E-state index >= 15 is 0 Å². The van der Waals surface area contributed by atoms with E-state index in [0.29, 0.717) is 5.69 Å². The molecule has 8 heteroatoms. The number of fused-ring (bicyclic) bond motifs is 1. The van der Waals surface area contributed by atoms with Gasteiger partial charge in [0.2, 0.25) is 5.91 Å². The molecule has 1 unspecified atom stereocenters. The SMILES string of the molecule is CN1C(=O)c2cc(C(=O)N3CCCC3)nn2CC1(C)C(=O)NC1CCCCC1. The average Bonchev–Trinajstić information content (AvgIpc) is 3.36. The van der Waals surface area contributed by atoms with E-state index in [0.717, 1.165) is 51.6 Å². The standard InChI is InChI=1S/C20H29N5O3/c1-20(19(28)21-14-8-4-3-5-9-14)13-25-16(18(27)23(20)2)12-15(22-25)17(26)24-10-6-7-11-24/h12,14H,3-11,13H2,1-2H3,(H,21,28). The van der Waals surface area contributed by atoms with Gasteiger partial charge in [0.05, 0.1) is 6.54 Å². The first-order valence-electron chi connectivity index (χ1n) is 10.4. The fourth-order valence-corrected chi connectivity index (χ4v) is 4.50. The Balaban J connectivity index is 1.55. The highest BCUT2D eigenvalue weighted by Crippen LogP contribution is 2.27. The number of likely N-dealkylation sites (tertiary alicyclic amines) is 1. The Bertz CT molecular complexity index is 792. The predicted octanol–water partition coefficient (Wildman–Crippen LogP) is 1.41. The van der Waals surface area contributed by atoms with Crippen LogP contribution in [0.4, 0.5) is 0 Å². The maximum atomic E-state index is 13.1. The number of likely N-dealkylation sites (N-methyl/N-ethyl adjacent to an activating group) is 1. The summed E-state index contributed by atoms with van der Waals surface area (Å²) in [6.45, 7) is 3.48. The zero-order valence-electron chi connectivity index (χ0n) is 16.7. The molecular weight excluding hydrogens is 358 g/mol. The minimum absolute atomic E-state index is 0.136. The summed E-state index contributed by atoms with van der Waals surface area (Å²) < 4.78 is 1.53. The largest absolute Gasteiger partial charge is 0.351 e. The molecule has 3 aliphatic rings. The highest BCUT2D eigenvalue weighted by Gasteiger charge is 2.47. The van der Waals surface area contributed by atoms with E-state index in [1.807, 2.05) is 0 Å². The highest BCUT2D eigenvalue weighted by atomic mass is 16.2. The number of amides is 3. The molecule has 1 aromatic heterocycles. The molecule has 2 fully saturated rings. The van der Waals surface area contributed by atoms with Gasteiger partial charge in [-0.1, -0.05) is 19.3 Å². The monoisotopic (exact) mass is 387 g/mol. The van der Waals surface area contributed by atoms with Crippen LogP contribution in [0.1, 0.15) is 72.8 Å². The number of aromatic nitrogens is 2. The van der Waals surface area contributed by atoms with Gasteiger partial charge in [-0.25, -0.2) is 0 Å². The Morgan fingerprint density at radius 1 is 1.14 bits per heavy atom. The van der Waals surface area contributed by atoms with E-state index in [1.165, 1.54) is 16.0 Å². The summed E-state index contributed by atoms with van der Waals surface area (Å²) in [5.41, 5.74) is -0.370.